The molecular weight excluding hydrogens is 214 g/mol. The molecule has 1 aromatic rings. The molecule has 1 unspecified atom stereocenters. The molecule has 1 saturated carbocycles. The number of rotatable bonds is 4. The fraction of sp³-hybridized carbons (Fsp3) is 0.545. The quantitative estimate of drug-likeness (QED) is 0.803. The molecule has 0 aliphatic heterocycles. The van der Waals surface area contributed by atoms with Crippen molar-refractivity contribution in [3.05, 3.63) is 23.7 Å². The van der Waals surface area contributed by atoms with Gasteiger partial charge in [-0.3, -0.25) is 4.79 Å². The van der Waals surface area contributed by atoms with Crippen LogP contribution in [-0.4, -0.2) is 17.8 Å². The van der Waals surface area contributed by atoms with Crippen LogP contribution in [0.4, 0.5) is 0 Å². The van der Waals surface area contributed by atoms with Crippen molar-refractivity contribution in [3.8, 4) is 0 Å². The fourth-order valence-corrected chi connectivity index (χ4v) is 1.83. The molecule has 0 saturated heterocycles. The number of nitrogens with one attached hydrogen (secondary N) is 1. The van der Waals surface area contributed by atoms with Gasteiger partial charge in [0, 0.05) is 12.1 Å². The van der Waals surface area contributed by atoms with Crippen LogP contribution in [0.5, 0.6) is 0 Å². The van der Waals surface area contributed by atoms with Gasteiger partial charge in [-0.1, -0.05) is 0 Å². The van der Waals surface area contributed by atoms with E-state index in [0.29, 0.717) is 18.2 Å². The summed E-state index contributed by atoms with van der Waals surface area (Å²) in [6.45, 7) is 2.36. The number of halogens is 1. The zero-order valence-corrected chi connectivity index (χ0v) is 9.38. The summed E-state index contributed by atoms with van der Waals surface area (Å²) >= 11 is 6.08. The van der Waals surface area contributed by atoms with Gasteiger partial charge in [-0.25, -0.2) is 0 Å². The number of alkyl halides is 1. The molecule has 1 aliphatic carbocycles. The van der Waals surface area contributed by atoms with E-state index in [1.54, 1.807) is 6.07 Å². The van der Waals surface area contributed by atoms with Crippen LogP contribution in [0.15, 0.2) is 16.7 Å². The Morgan fingerprint density at radius 2 is 2.47 bits per heavy atom. The summed E-state index contributed by atoms with van der Waals surface area (Å²) in [4.78, 5) is 11.6. The molecule has 1 fully saturated rings. The Hall–Kier alpha value is -0.960. The standard InChI is InChI=1S/C11H14ClNO2/c1-7-4-5-15-10(7)11(14)13-6-9(12)8-2-3-8/h4-5,8-9H,2-3,6H2,1H3,(H,13,14). The molecule has 1 N–H and O–H groups in total. The van der Waals surface area contributed by atoms with E-state index in [4.69, 9.17) is 16.0 Å². The molecule has 1 amide bonds. The lowest BCUT2D eigenvalue weighted by atomic mass is 10.2. The highest BCUT2D eigenvalue weighted by Gasteiger charge is 2.30. The SMILES string of the molecule is Cc1ccoc1C(=O)NCC(Cl)C1CC1. The number of hydrogen-bond donors (Lipinski definition) is 1. The van der Waals surface area contributed by atoms with Crippen molar-refractivity contribution in [1.82, 2.24) is 5.32 Å². The Balaban J connectivity index is 1.84. The maximum atomic E-state index is 11.6. The monoisotopic (exact) mass is 227 g/mol. The highest BCUT2D eigenvalue weighted by molar-refractivity contribution is 6.21. The summed E-state index contributed by atoms with van der Waals surface area (Å²) in [6, 6.07) is 1.77. The van der Waals surface area contributed by atoms with Crippen molar-refractivity contribution >= 4 is 17.5 Å². The molecule has 1 aromatic heterocycles. The fourth-order valence-electron chi connectivity index (χ4n) is 1.50. The van der Waals surface area contributed by atoms with Crippen LogP contribution >= 0.6 is 11.6 Å². The third-order valence-electron chi connectivity index (χ3n) is 2.66. The number of aryl methyl sites for hydroxylation is 1. The molecule has 0 spiro atoms. The van der Waals surface area contributed by atoms with E-state index in [0.717, 1.165) is 5.56 Å². The lowest BCUT2D eigenvalue weighted by Crippen LogP contribution is -2.30. The van der Waals surface area contributed by atoms with Crippen molar-refractivity contribution in [2.24, 2.45) is 5.92 Å². The second kappa shape index (κ2) is 4.27. The van der Waals surface area contributed by atoms with Gasteiger partial charge in [-0.2, -0.15) is 0 Å². The Kier molecular flexibility index (Phi) is 3.00. The summed E-state index contributed by atoms with van der Waals surface area (Å²) in [7, 11) is 0. The second-order valence-corrected chi connectivity index (χ2v) is 4.56. The molecule has 2 rings (SSSR count). The zero-order valence-electron chi connectivity index (χ0n) is 8.63. The summed E-state index contributed by atoms with van der Waals surface area (Å²) in [5.41, 5.74) is 0.852. The second-order valence-electron chi connectivity index (χ2n) is 4.00. The largest absolute Gasteiger partial charge is 0.459 e. The molecule has 15 heavy (non-hydrogen) atoms. The molecule has 1 heterocycles. The molecule has 1 atom stereocenters. The van der Waals surface area contributed by atoms with Crippen molar-refractivity contribution in [1.29, 1.82) is 0 Å². The minimum absolute atomic E-state index is 0.0595. The molecular formula is C11H14ClNO2. The summed E-state index contributed by atoms with van der Waals surface area (Å²) in [5.74, 6) is 0.795. The van der Waals surface area contributed by atoms with Crippen molar-refractivity contribution in [2.45, 2.75) is 25.1 Å². The third-order valence-corrected chi connectivity index (χ3v) is 3.17. The van der Waals surface area contributed by atoms with Gasteiger partial charge >= 0.3 is 0 Å². The predicted octanol–water partition coefficient (Wildman–Crippen LogP) is 2.34. The molecule has 82 valence electrons. The van der Waals surface area contributed by atoms with E-state index in [9.17, 15) is 4.79 Å². The minimum Gasteiger partial charge on any atom is -0.459 e. The van der Waals surface area contributed by atoms with E-state index in [1.165, 1.54) is 19.1 Å². The van der Waals surface area contributed by atoms with Crippen molar-refractivity contribution in [2.75, 3.05) is 6.54 Å². The number of carbonyl (C=O) groups excluding carboxylic acids is 1. The van der Waals surface area contributed by atoms with Crippen LogP contribution < -0.4 is 5.32 Å². The Bertz CT molecular complexity index is 357. The lowest BCUT2D eigenvalue weighted by molar-refractivity contribution is 0.0924. The molecule has 3 nitrogen and oxygen atoms in total. The van der Waals surface area contributed by atoms with E-state index >= 15 is 0 Å². The van der Waals surface area contributed by atoms with Crippen LogP contribution in [-0.2, 0) is 0 Å². The van der Waals surface area contributed by atoms with Crippen molar-refractivity contribution < 1.29 is 9.21 Å². The van der Waals surface area contributed by atoms with E-state index in [1.807, 2.05) is 6.92 Å². The number of carbonyl (C=O) groups is 1. The van der Waals surface area contributed by atoms with Crippen molar-refractivity contribution in [3.63, 3.8) is 0 Å². The first-order valence-corrected chi connectivity index (χ1v) is 5.58. The van der Waals surface area contributed by atoms with Gasteiger partial charge < -0.3 is 9.73 Å². The van der Waals surface area contributed by atoms with Gasteiger partial charge in [0.25, 0.3) is 5.91 Å². The zero-order chi connectivity index (χ0) is 10.8. The molecule has 1 aliphatic rings. The molecule has 4 heteroatoms. The Morgan fingerprint density at radius 3 is 3.00 bits per heavy atom. The average molecular weight is 228 g/mol. The van der Waals surface area contributed by atoms with E-state index in [-0.39, 0.29) is 11.3 Å². The van der Waals surface area contributed by atoms with E-state index in [2.05, 4.69) is 5.32 Å². The first kappa shape index (κ1) is 10.6. The molecule has 0 bridgehead atoms. The molecule has 0 radical (unpaired) electrons. The Labute approximate surface area is 93.8 Å². The van der Waals surface area contributed by atoms with Gasteiger partial charge in [0.1, 0.15) is 0 Å². The highest BCUT2D eigenvalue weighted by atomic mass is 35.5. The highest BCUT2D eigenvalue weighted by Crippen LogP contribution is 2.35. The maximum Gasteiger partial charge on any atom is 0.287 e. The van der Waals surface area contributed by atoms with Gasteiger partial charge in [-0.05, 0) is 31.7 Å². The van der Waals surface area contributed by atoms with Gasteiger partial charge in [0.2, 0.25) is 0 Å². The topological polar surface area (TPSA) is 42.2 Å². The summed E-state index contributed by atoms with van der Waals surface area (Å²) < 4.78 is 5.08. The van der Waals surface area contributed by atoms with Crippen LogP contribution in [0.25, 0.3) is 0 Å². The minimum atomic E-state index is -0.177. The first-order valence-electron chi connectivity index (χ1n) is 5.15. The van der Waals surface area contributed by atoms with Crippen LogP contribution in [0, 0.1) is 12.8 Å². The maximum absolute atomic E-state index is 11.6. The van der Waals surface area contributed by atoms with Gasteiger partial charge in [0.15, 0.2) is 5.76 Å². The smallest absolute Gasteiger partial charge is 0.287 e. The Morgan fingerprint density at radius 1 is 1.73 bits per heavy atom. The first-order chi connectivity index (χ1) is 7.18. The van der Waals surface area contributed by atoms with Crippen LogP contribution in [0.2, 0.25) is 0 Å². The summed E-state index contributed by atoms with van der Waals surface area (Å²) in [6.07, 6.45) is 3.89. The van der Waals surface area contributed by atoms with Crippen LogP contribution in [0.1, 0.15) is 29.0 Å². The van der Waals surface area contributed by atoms with E-state index < -0.39 is 0 Å². The lowest BCUT2D eigenvalue weighted by Gasteiger charge is -2.08. The number of hydrogen-bond acceptors (Lipinski definition) is 2. The summed E-state index contributed by atoms with van der Waals surface area (Å²) in [5, 5.41) is 2.84. The molecule has 0 aromatic carbocycles. The van der Waals surface area contributed by atoms with Gasteiger partial charge in [0.05, 0.1) is 11.6 Å². The predicted molar refractivity (Wildman–Crippen MR) is 58.1 cm³/mol. The van der Waals surface area contributed by atoms with Gasteiger partial charge in [-0.15, -0.1) is 11.6 Å². The third kappa shape index (κ3) is 2.53. The number of amides is 1. The van der Waals surface area contributed by atoms with Crippen LogP contribution in [0.3, 0.4) is 0 Å². The number of furan rings is 1. The normalized spacial score (nSPS) is 17.5. The average Bonchev–Trinajstić information content (AvgIpc) is 2.98.